The van der Waals surface area contributed by atoms with Gasteiger partial charge in [-0.25, -0.2) is 9.97 Å². The second kappa shape index (κ2) is 6.42. The highest BCUT2D eigenvalue weighted by Gasteiger charge is 2.16. The molecule has 94 valence electrons. The van der Waals surface area contributed by atoms with Gasteiger partial charge in [0, 0.05) is 19.2 Å². The van der Waals surface area contributed by atoms with Gasteiger partial charge in [-0.05, 0) is 18.8 Å². The maximum atomic E-state index is 4.23. The average Bonchev–Trinajstić information content (AvgIpc) is 2.30. The van der Waals surface area contributed by atoms with Crippen molar-refractivity contribution in [2.75, 3.05) is 23.7 Å². The zero-order valence-corrected chi connectivity index (χ0v) is 10.6. The summed E-state index contributed by atoms with van der Waals surface area (Å²) >= 11 is 0. The van der Waals surface area contributed by atoms with Gasteiger partial charge in [0.1, 0.15) is 18.0 Å². The zero-order valence-electron chi connectivity index (χ0n) is 10.6. The van der Waals surface area contributed by atoms with E-state index in [0.717, 1.165) is 37.1 Å². The molecule has 0 bridgehead atoms. The van der Waals surface area contributed by atoms with Gasteiger partial charge in [-0.2, -0.15) is 0 Å². The summed E-state index contributed by atoms with van der Waals surface area (Å²) in [5.41, 5.74) is 0. The zero-order chi connectivity index (χ0) is 11.9. The van der Waals surface area contributed by atoms with E-state index in [9.17, 15) is 0 Å². The fourth-order valence-corrected chi connectivity index (χ4v) is 1.99. The van der Waals surface area contributed by atoms with Gasteiger partial charge in [-0.15, -0.1) is 0 Å². The minimum absolute atomic E-state index is 0.910. The maximum Gasteiger partial charge on any atom is 0.131 e. The van der Waals surface area contributed by atoms with Crippen LogP contribution in [0.5, 0.6) is 0 Å². The van der Waals surface area contributed by atoms with Crippen molar-refractivity contribution in [1.82, 2.24) is 9.97 Å². The van der Waals surface area contributed by atoms with E-state index in [4.69, 9.17) is 0 Å². The van der Waals surface area contributed by atoms with Crippen molar-refractivity contribution in [2.24, 2.45) is 5.92 Å². The number of aromatic nitrogens is 2. The molecule has 1 saturated carbocycles. The lowest BCUT2D eigenvalue weighted by Crippen LogP contribution is -2.16. The molecule has 0 unspecified atom stereocenters. The van der Waals surface area contributed by atoms with Crippen molar-refractivity contribution in [3.63, 3.8) is 0 Å². The van der Waals surface area contributed by atoms with Crippen LogP contribution in [-0.2, 0) is 0 Å². The summed E-state index contributed by atoms with van der Waals surface area (Å²) in [4.78, 5) is 8.41. The number of nitrogens with one attached hydrogen (secondary N) is 2. The largest absolute Gasteiger partial charge is 0.370 e. The number of rotatable bonds is 7. The summed E-state index contributed by atoms with van der Waals surface area (Å²) in [5.74, 6) is 2.79. The topological polar surface area (TPSA) is 49.8 Å². The lowest BCUT2D eigenvalue weighted by molar-refractivity contribution is 0.303. The maximum absolute atomic E-state index is 4.23. The van der Waals surface area contributed by atoms with Gasteiger partial charge in [-0.1, -0.05) is 26.2 Å². The first-order chi connectivity index (χ1) is 8.38. The monoisotopic (exact) mass is 234 g/mol. The molecule has 0 saturated heterocycles. The van der Waals surface area contributed by atoms with Gasteiger partial charge in [0.05, 0.1) is 0 Å². The van der Waals surface area contributed by atoms with E-state index >= 15 is 0 Å². The Kier molecular flexibility index (Phi) is 4.59. The lowest BCUT2D eigenvalue weighted by Gasteiger charge is -2.25. The van der Waals surface area contributed by atoms with Crippen molar-refractivity contribution in [3.05, 3.63) is 12.4 Å². The van der Waals surface area contributed by atoms with Crippen LogP contribution < -0.4 is 10.6 Å². The Morgan fingerprint density at radius 2 is 1.88 bits per heavy atom. The van der Waals surface area contributed by atoms with Crippen LogP contribution in [0.25, 0.3) is 0 Å². The Balaban J connectivity index is 1.74. The molecule has 1 fully saturated rings. The van der Waals surface area contributed by atoms with Crippen molar-refractivity contribution < 1.29 is 0 Å². The van der Waals surface area contributed by atoms with Gasteiger partial charge in [-0.3, -0.25) is 0 Å². The SMILES string of the molecule is CCCNc1cc(NCCC2CCC2)ncn1. The molecular formula is C13H22N4. The van der Waals surface area contributed by atoms with Crippen LogP contribution in [-0.4, -0.2) is 23.1 Å². The van der Waals surface area contributed by atoms with Crippen LogP contribution in [0.3, 0.4) is 0 Å². The molecule has 4 heteroatoms. The molecule has 1 aromatic heterocycles. The van der Waals surface area contributed by atoms with E-state index < -0.39 is 0 Å². The Morgan fingerprint density at radius 3 is 2.47 bits per heavy atom. The van der Waals surface area contributed by atoms with Crippen LogP contribution in [0.2, 0.25) is 0 Å². The Morgan fingerprint density at radius 1 is 1.18 bits per heavy atom. The molecule has 17 heavy (non-hydrogen) atoms. The minimum Gasteiger partial charge on any atom is -0.370 e. The van der Waals surface area contributed by atoms with Gasteiger partial charge >= 0.3 is 0 Å². The summed E-state index contributed by atoms with van der Waals surface area (Å²) in [6.45, 7) is 4.12. The molecule has 0 aromatic carbocycles. The lowest BCUT2D eigenvalue weighted by atomic mass is 9.83. The summed E-state index contributed by atoms with van der Waals surface area (Å²) in [6.07, 6.45) is 8.23. The first kappa shape index (κ1) is 12.1. The Bertz CT molecular complexity index is 336. The Labute approximate surface area is 103 Å². The van der Waals surface area contributed by atoms with E-state index in [1.54, 1.807) is 6.33 Å². The summed E-state index contributed by atoms with van der Waals surface area (Å²) in [6, 6.07) is 1.98. The second-order valence-corrected chi connectivity index (χ2v) is 4.73. The van der Waals surface area contributed by atoms with E-state index in [-0.39, 0.29) is 0 Å². The number of nitrogens with zero attached hydrogens (tertiary/aromatic N) is 2. The molecule has 1 aliphatic carbocycles. The van der Waals surface area contributed by atoms with Crippen molar-refractivity contribution in [2.45, 2.75) is 39.0 Å². The average molecular weight is 234 g/mol. The molecule has 1 aliphatic rings. The molecular weight excluding hydrogens is 212 g/mol. The van der Waals surface area contributed by atoms with Crippen LogP contribution in [0, 0.1) is 5.92 Å². The third-order valence-corrected chi connectivity index (χ3v) is 3.31. The first-order valence-corrected chi connectivity index (χ1v) is 6.68. The second-order valence-electron chi connectivity index (χ2n) is 4.73. The predicted molar refractivity (Wildman–Crippen MR) is 71.3 cm³/mol. The molecule has 2 N–H and O–H groups in total. The number of hydrogen-bond acceptors (Lipinski definition) is 4. The summed E-state index contributed by atoms with van der Waals surface area (Å²) in [5, 5.41) is 6.63. The molecule has 0 radical (unpaired) electrons. The van der Waals surface area contributed by atoms with E-state index in [2.05, 4.69) is 27.5 Å². The fraction of sp³-hybridized carbons (Fsp3) is 0.692. The van der Waals surface area contributed by atoms with Crippen LogP contribution in [0.15, 0.2) is 12.4 Å². The highest BCUT2D eigenvalue weighted by atomic mass is 15.1. The van der Waals surface area contributed by atoms with Gasteiger partial charge < -0.3 is 10.6 Å². The standard InChI is InChI=1S/C13H22N4/c1-2-7-14-12-9-13(17-10-16-12)15-8-6-11-4-3-5-11/h9-11H,2-8H2,1H3,(H2,14,15,16,17). The number of hydrogen-bond donors (Lipinski definition) is 2. The smallest absolute Gasteiger partial charge is 0.131 e. The molecule has 0 spiro atoms. The molecule has 4 nitrogen and oxygen atoms in total. The van der Waals surface area contributed by atoms with E-state index in [1.165, 1.54) is 25.7 Å². The van der Waals surface area contributed by atoms with Crippen molar-refractivity contribution >= 4 is 11.6 Å². The summed E-state index contributed by atoms with van der Waals surface area (Å²) < 4.78 is 0. The van der Waals surface area contributed by atoms with Crippen LogP contribution >= 0.6 is 0 Å². The van der Waals surface area contributed by atoms with Crippen molar-refractivity contribution in [1.29, 1.82) is 0 Å². The molecule has 0 amide bonds. The normalized spacial score (nSPS) is 15.4. The molecule has 1 aromatic rings. The van der Waals surface area contributed by atoms with E-state index in [0.29, 0.717) is 0 Å². The fourth-order valence-electron chi connectivity index (χ4n) is 1.99. The van der Waals surface area contributed by atoms with Gasteiger partial charge in [0.15, 0.2) is 0 Å². The first-order valence-electron chi connectivity index (χ1n) is 6.68. The van der Waals surface area contributed by atoms with Crippen LogP contribution in [0.1, 0.15) is 39.0 Å². The minimum atomic E-state index is 0.910. The highest BCUT2D eigenvalue weighted by molar-refractivity contribution is 5.46. The highest BCUT2D eigenvalue weighted by Crippen LogP contribution is 2.29. The van der Waals surface area contributed by atoms with E-state index in [1.807, 2.05) is 6.07 Å². The van der Waals surface area contributed by atoms with Gasteiger partial charge in [0.25, 0.3) is 0 Å². The molecule has 2 rings (SSSR count). The molecule has 0 aliphatic heterocycles. The number of anilines is 2. The van der Waals surface area contributed by atoms with Gasteiger partial charge in [0.2, 0.25) is 0 Å². The molecule has 1 heterocycles. The quantitative estimate of drug-likeness (QED) is 0.761. The van der Waals surface area contributed by atoms with Crippen LogP contribution in [0.4, 0.5) is 11.6 Å². The molecule has 0 atom stereocenters. The van der Waals surface area contributed by atoms with Crippen molar-refractivity contribution in [3.8, 4) is 0 Å². The third-order valence-electron chi connectivity index (χ3n) is 3.31. The summed E-state index contributed by atoms with van der Waals surface area (Å²) in [7, 11) is 0. The predicted octanol–water partition coefficient (Wildman–Crippen LogP) is 2.90. The third kappa shape index (κ3) is 3.88. The Hall–Kier alpha value is -1.32.